The molecule has 1 fully saturated rings. The number of hydrogen-bond donors (Lipinski definition) is 1. The second-order valence-electron chi connectivity index (χ2n) is 5.22. The van der Waals surface area contributed by atoms with Gasteiger partial charge in [-0.2, -0.15) is 0 Å². The van der Waals surface area contributed by atoms with Crippen LogP contribution in [-0.2, 0) is 9.53 Å². The SMILES string of the molecule is COC(=O)c1ccc(/C=C2\NC(=O)N(c3cccc(Cl)c3)C2=O)cc1. The predicted molar refractivity (Wildman–Crippen MR) is 93.2 cm³/mol. The average Bonchev–Trinajstić information content (AvgIpc) is 2.88. The predicted octanol–water partition coefficient (Wildman–Crippen LogP) is 3.22. The first-order valence-electron chi connectivity index (χ1n) is 7.30. The number of hydrogen-bond acceptors (Lipinski definition) is 4. The fourth-order valence-electron chi connectivity index (χ4n) is 2.38. The molecule has 1 aliphatic heterocycles. The van der Waals surface area contributed by atoms with Crippen LogP contribution < -0.4 is 10.2 Å². The number of ether oxygens (including phenoxy) is 1. The van der Waals surface area contributed by atoms with E-state index in [0.29, 0.717) is 21.8 Å². The molecular formula is C18H13ClN2O4. The molecule has 0 aromatic heterocycles. The largest absolute Gasteiger partial charge is 0.465 e. The lowest BCUT2D eigenvalue weighted by atomic mass is 10.1. The number of nitrogens with zero attached hydrogens (tertiary/aromatic N) is 1. The molecule has 2 aromatic carbocycles. The van der Waals surface area contributed by atoms with Crippen LogP contribution in [0.1, 0.15) is 15.9 Å². The Morgan fingerprint density at radius 2 is 1.88 bits per heavy atom. The first kappa shape index (κ1) is 16.7. The van der Waals surface area contributed by atoms with Gasteiger partial charge in [0, 0.05) is 5.02 Å². The van der Waals surface area contributed by atoms with Crippen molar-refractivity contribution in [1.82, 2.24) is 5.32 Å². The van der Waals surface area contributed by atoms with Crippen molar-refractivity contribution in [2.75, 3.05) is 12.0 Å². The van der Waals surface area contributed by atoms with Crippen LogP contribution in [-0.4, -0.2) is 25.0 Å². The molecule has 0 atom stereocenters. The highest BCUT2D eigenvalue weighted by Crippen LogP contribution is 2.25. The summed E-state index contributed by atoms with van der Waals surface area (Å²) in [6.45, 7) is 0. The smallest absolute Gasteiger partial charge is 0.337 e. The molecule has 3 rings (SSSR count). The highest BCUT2D eigenvalue weighted by Gasteiger charge is 2.34. The highest BCUT2D eigenvalue weighted by molar-refractivity contribution is 6.32. The molecule has 0 aliphatic carbocycles. The van der Waals surface area contributed by atoms with Crippen LogP contribution in [0.2, 0.25) is 5.02 Å². The van der Waals surface area contributed by atoms with Gasteiger partial charge in [0.25, 0.3) is 5.91 Å². The summed E-state index contributed by atoms with van der Waals surface area (Å²) in [4.78, 5) is 37.1. The van der Waals surface area contributed by atoms with E-state index in [1.165, 1.54) is 19.3 Å². The molecule has 2 aromatic rings. The van der Waals surface area contributed by atoms with Crippen LogP contribution in [0.3, 0.4) is 0 Å². The lowest BCUT2D eigenvalue weighted by Crippen LogP contribution is -2.30. The zero-order chi connectivity index (χ0) is 18.0. The van der Waals surface area contributed by atoms with Crippen LogP contribution in [0.5, 0.6) is 0 Å². The van der Waals surface area contributed by atoms with Crippen LogP contribution >= 0.6 is 11.6 Å². The van der Waals surface area contributed by atoms with Crippen LogP contribution in [0.15, 0.2) is 54.2 Å². The minimum Gasteiger partial charge on any atom is -0.465 e. The van der Waals surface area contributed by atoms with Gasteiger partial charge in [0.05, 0.1) is 18.4 Å². The van der Waals surface area contributed by atoms with Crippen LogP contribution in [0.25, 0.3) is 6.08 Å². The van der Waals surface area contributed by atoms with E-state index >= 15 is 0 Å². The van der Waals surface area contributed by atoms with Gasteiger partial charge in [0.1, 0.15) is 5.70 Å². The van der Waals surface area contributed by atoms with Gasteiger partial charge in [-0.3, -0.25) is 4.79 Å². The molecule has 3 amide bonds. The summed E-state index contributed by atoms with van der Waals surface area (Å²) in [7, 11) is 1.30. The summed E-state index contributed by atoms with van der Waals surface area (Å²) in [5, 5.41) is 2.96. The topological polar surface area (TPSA) is 75.7 Å². The number of urea groups is 1. The maximum atomic E-state index is 12.5. The minimum absolute atomic E-state index is 0.135. The molecule has 1 aliphatic rings. The molecule has 7 heteroatoms. The van der Waals surface area contributed by atoms with Crippen molar-refractivity contribution in [3.05, 3.63) is 70.4 Å². The monoisotopic (exact) mass is 356 g/mol. The van der Waals surface area contributed by atoms with E-state index < -0.39 is 17.9 Å². The van der Waals surface area contributed by atoms with Gasteiger partial charge in [0.2, 0.25) is 0 Å². The number of methoxy groups -OCH3 is 1. The van der Waals surface area contributed by atoms with E-state index in [1.807, 2.05) is 0 Å². The maximum absolute atomic E-state index is 12.5. The van der Waals surface area contributed by atoms with Gasteiger partial charge in [-0.15, -0.1) is 0 Å². The number of esters is 1. The molecule has 0 bridgehead atoms. The van der Waals surface area contributed by atoms with Crippen molar-refractivity contribution in [3.63, 3.8) is 0 Å². The average molecular weight is 357 g/mol. The number of rotatable bonds is 3. The van der Waals surface area contributed by atoms with Gasteiger partial charge in [-0.1, -0.05) is 29.8 Å². The quantitative estimate of drug-likeness (QED) is 0.520. The van der Waals surface area contributed by atoms with E-state index in [9.17, 15) is 14.4 Å². The third-order valence-electron chi connectivity index (χ3n) is 3.59. The number of carbonyl (C=O) groups excluding carboxylic acids is 3. The molecule has 0 radical (unpaired) electrons. The standard InChI is InChI=1S/C18H13ClN2O4/c1-25-17(23)12-7-5-11(6-8-12)9-15-16(22)21(18(24)20-15)14-4-2-3-13(19)10-14/h2-10H,1H3,(H,20,24)/b15-9-. The zero-order valence-electron chi connectivity index (χ0n) is 13.2. The van der Waals surface area contributed by atoms with E-state index in [2.05, 4.69) is 10.1 Å². The summed E-state index contributed by atoms with van der Waals surface area (Å²) in [5.41, 5.74) is 1.58. The molecule has 6 nitrogen and oxygen atoms in total. The Labute approximate surface area is 148 Å². The second-order valence-corrected chi connectivity index (χ2v) is 5.66. The molecule has 0 saturated carbocycles. The lowest BCUT2D eigenvalue weighted by molar-refractivity contribution is -0.113. The van der Waals surface area contributed by atoms with Crippen molar-refractivity contribution in [2.45, 2.75) is 0 Å². The fraction of sp³-hybridized carbons (Fsp3) is 0.0556. The molecule has 1 saturated heterocycles. The van der Waals surface area contributed by atoms with Gasteiger partial charge in [0.15, 0.2) is 0 Å². The van der Waals surface area contributed by atoms with Gasteiger partial charge in [-0.05, 0) is 42.0 Å². The Balaban J connectivity index is 1.86. The molecule has 1 heterocycles. The van der Waals surface area contributed by atoms with Crippen LogP contribution in [0, 0.1) is 0 Å². The number of benzene rings is 2. The number of imide groups is 1. The third kappa shape index (κ3) is 3.39. The number of anilines is 1. The Morgan fingerprint density at radius 1 is 1.16 bits per heavy atom. The van der Waals surface area contributed by atoms with Gasteiger partial charge >= 0.3 is 12.0 Å². The summed E-state index contributed by atoms with van der Waals surface area (Å²) < 4.78 is 4.63. The van der Waals surface area contributed by atoms with Crippen LogP contribution in [0.4, 0.5) is 10.5 Å². The maximum Gasteiger partial charge on any atom is 0.337 e. The van der Waals surface area contributed by atoms with E-state index in [4.69, 9.17) is 11.6 Å². The minimum atomic E-state index is -0.551. The summed E-state index contributed by atoms with van der Waals surface area (Å²) >= 11 is 5.92. The Morgan fingerprint density at radius 3 is 2.52 bits per heavy atom. The van der Waals surface area contributed by atoms with E-state index in [0.717, 1.165) is 4.90 Å². The molecule has 0 unspecified atom stereocenters. The lowest BCUT2D eigenvalue weighted by Gasteiger charge is -2.11. The molecule has 126 valence electrons. The third-order valence-corrected chi connectivity index (χ3v) is 3.82. The Kier molecular flexibility index (Phi) is 4.54. The highest BCUT2D eigenvalue weighted by atomic mass is 35.5. The number of halogens is 1. The number of nitrogens with one attached hydrogen (secondary N) is 1. The van der Waals surface area contributed by atoms with Crippen molar-refractivity contribution in [2.24, 2.45) is 0 Å². The van der Waals surface area contributed by atoms with Crippen molar-refractivity contribution in [1.29, 1.82) is 0 Å². The molecule has 0 spiro atoms. The summed E-state index contributed by atoms with van der Waals surface area (Å²) in [6, 6.07) is 12.4. The van der Waals surface area contributed by atoms with E-state index in [-0.39, 0.29) is 5.70 Å². The van der Waals surface area contributed by atoms with Gasteiger partial charge in [-0.25, -0.2) is 14.5 Å². The van der Waals surface area contributed by atoms with Crippen molar-refractivity contribution < 1.29 is 19.1 Å². The number of amides is 3. The Bertz CT molecular complexity index is 890. The first-order chi connectivity index (χ1) is 12.0. The van der Waals surface area contributed by atoms with E-state index in [1.54, 1.807) is 42.5 Å². The Hall–Kier alpha value is -3.12. The molecular weight excluding hydrogens is 344 g/mol. The second kappa shape index (κ2) is 6.78. The molecule has 25 heavy (non-hydrogen) atoms. The summed E-state index contributed by atoms with van der Waals surface area (Å²) in [6.07, 6.45) is 1.53. The number of carbonyl (C=O) groups is 3. The van der Waals surface area contributed by atoms with Crippen molar-refractivity contribution in [3.8, 4) is 0 Å². The van der Waals surface area contributed by atoms with Crippen molar-refractivity contribution >= 4 is 41.3 Å². The zero-order valence-corrected chi connectivity index (χ0v) is 13.9. The summed E-state index contributed by atoms with van der Waals surface area (Å²) in [5.74, 6) is -0.930. The molecule has 1 N–H and O–H groups in total. The van der Waals surface area contributed by atoms with Gasteiger partial charge < -0.3 is 10.1 Å². The normalized spacial score (nSPS) is 15.4. The first-order valence-corrected chi connectivity index (χ1v) is 7.68. The fourth-order valence-corrected chi connectivity index (χ4v) is 2.57.